The fourth-order valence-electron chi connectivity index (χ4n) is 2.41. The van der Waals surface area contributed by atoms with Crippen LogP contribution < -0.4 is 15.4 Å². The van der Waals surface area contributed by atoms with Crippen molar-refractivity contribution < 1.29 is 19.4 Å². The van der Waals surface area contributed by atoms with Gasteiger partial charge >= 0.3 is 12.0 Å². The molecule has 0 bridgehead atoms. The maximum atomic E-state index is 12.1. The van der Waals surface area contributed by atoms with Crippen LogP contribution in [0.25, 0.3) is 0 Å². The van der Waals surface area contributed by atoms with Crippen molar-refractivity contribution in [2.75, 3.05) is 12.4 Å². The molecule has 1 saturated carbocycles. The van der Waals surface area contributed by atoms with E-state index in [-0.39, 0.29) is 6.42 Å². The molecule has 2 amide bonds. The smallest absolute Gasteiger partial charge is 0.319 e. The topological polar surface area (TPSA) is 87.7 Å². The Labute approximate surface area is 127 Å². The van der Waals surface area contributed by atoms with Gasteiger partial charge in [-0.05, 0) is 37.5 Å². The summed E-state index contributed by atoms with van der Waals surface area (Å²) in [5.41, 5.74) is -0.214. The third kappa shape index (κ3) is 3.78. The van der Waals surface area contributed by atoms with Crippen molar-refractivity contribution in [2.24, 2.45) is 0 Å². The summed E-state index contributed by atoms with van der Waals surface area (Å²) < 4.78 is 5.14. The molecule has 114 valence electrons. The largest absolute Gasteiger partial charge is 0.495 e. The summed E-state index contributed by atoms with van der Waals surface area (Å²) in [6, 6.07) is 4.41. The van der Waals surface area contributed by atoms with E-state index in [0.29, 0.717) is 29.3 Å². The monoisotopic (exact) mass is 312 g/mol. The molecule has 0 radical (unpaired) electrons. The predicted octanol–water partition coefficient (Wildman–Crippen LogP) is 2.87. The van der Waals surface area contributed by atoms with Gasteiger partial charge in [-0.1, -0.05) is 11.6 Å². The van der Waals surface area contributed by atoms with Crippen LogP contribution in [-0.4, -0.2) is 29.8 Å². The summed E-state index contributed by atoms with van der Waals surface area (Å²) in [5.74, 6) is -0.439. The maximum absolute atomic E-state index is 12.1. The van der Waals surface area contributed by atoms with E-state index in [2.05, 4.69) is 10.6 Å². The first-order chi connectivity index (χ1) is 9.94. The Bertz CT molecular complexity index is 558. The Hall–Kier alpha value is -1.95. The van der Waals surface area contributed by atoms with Gasteiger partial charge in [0.25, 0.3) is 0 Å². The van der Waals surface area contributed by atoms with Crippen molar-refractivity contribution in [3.05, 3.63) is 23.2 Å². The molecule has 1 aliphatic carbocycles. The van der Waals surface area contributed by atoms with Gasteiger partial charge in [-0.3, -0.25) is 4.79 Å². The normalized spacial score (nSPS) is 15.7. The number of hydrogen-bond donors (Lipinski definition) is 3. The van der Waals surface area contributed by atoms with E-state index in [4.69, 9.17) is 21.4 Å². The van der Waals surface area contributed by atoms with Crippen LogP contribution in [0.2, 0.25) is 5.02 Å². The fourth-order valence-corrected chi connectivity index (χ4v) is 2.58. The minimum Gasteiger partial charge on any atom is -0.495 e. The molecule has 2 rings (SSSR count). The number of carbonyl (C=O) groups is 2. The average Bonchev–Trinajstić information content (AvgIpc) is 2.35. The van der Waals surface area contributed by atoms with Crippen molar-refractivity contribution in [3.8, 4) is 5.75 Å². The zero-order valence-corrected chi connectivity index (χ0v) is 12.4. The Kier molecular flexibility index (Phi) is 4.57. The number of urea groups is 1. The summed E-state index contributed by atoms with van der Waals surface area (Å²) in [7, 11) is 1.49. The minimum atomic E-state index is -0.921. The van der Waals surface area contributed by atoms with Crippen LogP contribution in [0.5, 0.6) is 5.75 Å². The Morgan fingerprint density at radius 3 is 2.67 bits per heavy atom. The van der Waals surface area contributed by atoms with Gasteiger partial charge in [0.05, 0.1) is 24.8 Å². The number of carboxylic acids is 1. The van der Waals surface area contributed by atoms with Crippen LogP contribution >= 0.6 is 11.6 Å². The molecule has 0 aliphatic heterocycles. The summed E-state index contributed by atoms with van der Waals surface area (Å²) in [4.78, 5) is 23.0. The molecule has 0 unspecified atom stereocenters. The maximum Gasteiger partial charge on any atom is 0.319 e. The molecule has 1 fully saturated rings. The molecular weight excluding hydrogens is 296 g/mol. The number of carbonyl (C=O) groups excluding carboxylic acids is 1. The second-order valence-corrected chi connectivity index (χ2v) is 5.56. The van der Waals surface area contributed by atoms with E-state index >= 15 is 0 Å². The van der Waals surface area contributed by atoms with Gasteiger partial charge in [0.2, 0.25) is 0 Å². The number of benzene rings is 1. The third-order valence-corrected chi connectivity index (χ3v) is 3.82. The Morgan fingerprint density at radius 1 is 1.43 bits per heavy atom. The lowest BCUT2D eigenvalue weighted by molar-refractivity contribution is -0.139. The number of anilines is 1. The molecule has 6 nitrogen and oxygen atoms in total. The number of carboxylic acid groups (broad SMARTS) is 1. The zero-order valence-electron chi connectivity index (χ0n) is 11.6. The number of aliphatic carboxylic acids is 1. The van der Waals surface area contributed by atoms with Crippen LogP contribution in [0.15, 0.2) is 18.2 Å². The molecule has 1 aliphatic rings. The second kappa shape index (κ2) is 6.22. The molecule has 7 heteroatoms. The van der Waals surface area contributed by atoms with Gasteiger partial charge in [-0.2, -0.15) is 0 Å². The van der Waals surface area contributed by atoms with E-state index < -0.39 is 17.5 Å². The first-order valence-corrected chi connectivity index (χ1v) is 6.96. The van der Waals surface area contributed by atoms with Gasteiger partial charge in [0.1, 0.15) is 5.75 Å². The molecule has 3 N–H and O–H groups in total. The van der Waals surface area contributed by atoms with Gasteiger partial charge in [0, 0.05) is 5.02 Å². The minimum absolute atomic E-state index is 0.0763. The van der Waals surface area contributed by atoms with Crippen LogP contribution in [0.3, 0.4) is 0 Å². The van der Waals surface area contributed by atoms with Gasteiger partial charge < -0.3 is 20.5 Å². The summed E-state index contributed by atoms with van der Waals surface area (Å²) >= 11 is 5.89. The second-order valence-electron chi connectivity index (χ2n) is 5.13. The highest BCUT2D eigenvalue weighted by Crippen LogP contribution is 2.35. The van der Waals surface area contributed by atoms with Gasteiger partial charge in [-0.25, -0.2) is 4.79 Å². The average molecular weight is 313 g/mol. The lowest BCUT2D eigenvalue weighted by Gasteiger charge is -2.41. The number of methoxy groups -OCH3 is 1. The van der Waals surface area contributed by atoms with Crippen molar-refractivity contribution in [3.63, 3.8) is 0 Å². The number of halogens is 1. The first kappa shape index (κ1) is 15.4. The van der Waals surface area contributed by atoms with Crippen molar-refractivity contribution in [2.45, 2.75) is 31.2 Å². The Morgan fingerprint density at radius 2 is 2.14 bits per heavy atom. The third-order valence-electron chi connectivity index (χ3n) is 3.59. The molecule has 0 spiro atoms. The number of rotatable bonds is 5. The molecule has 0 heterocycles. The molecular formula is C14H17ClN2O4. The van der Waals surface area contributed by atoms with E-state index in [0.717, 1.165) is 6.42 Å². The molecule has 0 atom stereocenters. The SMILES string of the molecule is COc1ccc(Cl)cc1NC(=O)NC1(CC(=O)O)CCC1. The van der Waals surface area contributed by atoms with Crippen LogP contribution in [-0.2, 0) is 4.79 Å². The predicted molar refractivity (Wildman–Crippen MR) is 79.0 cm³/mol. The van der Waals surface area contributed by atoms with Crippen molar-refractivity contribution in [1.82, 2.24) is 5.32 Å². The summed E-state index contributed by atoms with van der Waals surface area (Å²) in [5, 5.41) is 14.8. The Balaban J connectivity index is 2.04. The zero-order chi connectivity index (χ0) is 15.5. The summed E-state index contributed by atoms with van der Waals surface area (Å²) in [6.45, 7) is 0. The molecule has 0 aromatic heterocycles. The van der Waals surface area contributed by atoms with E-state index in [1.807, 2.05) is 0 Å². The fraction of sp³-hybridized carbons (Fsp3) is 0.429. The molecule has 1 aromatic rings. The quantitative estimate of drug-likeness (QED) is 0.780. The standard InChI is InChI=1S/C14H17ClN2O4/c1-21-11-4-3-9(15)7-10(11)16-13(20)17-14(5-2-6-14)8-12(18)19/h3-4,7H,2,5-6,8H2,1H3,(H,18,19)(H2,16,17,20). The lowest BCUT2D eigenvalue weighted by atomic mass is 9.74. The number of ether oxygens (including phenoxy) is 1. The van der Waals surface area contributed by atoms with Crippen molar-refractivity contribution >= 4 is 29.3 Å². The van der Waals surface area contributed by atoms with Crippen LogP contribution in [0, 0.1) is 0 Å². The molecule has 0 saturated heterocycles. The number of hydrogen-bond acceptors (Lipinski definition) is 3. The highest BCUT2D eigenvalue weighted by molar-refractivity contribution is 6.31. The van der Waals surface area contributed by atoms with Crippen LogP contribution in [0.4, 0.5) is 10.5 Å². The molecule has 21 heavy (non-hydrogen) atoms. The summed E-state index contributed by atoms with van der Waals surface area (Å²) in [6.07, 6.45) is 2.17. The highest BCUT2D eigenvalue weighted by atomic mass is 35.5. The van der Waals surface area contributed by atoms with E-state index in [1.165, 1.54) is 7.11 Å². The van der Waals surface area contributed by atoms with Gasteiger partial charge in [-0.15, -0.1) is 0 Å². The van der Waals surface area contributed by atoms with Crippen LogP contribution in [0.1, 0.15) is 25.7 Å². The molecule has 1 aromatic carbocycles. The van der Waals surface area contributed by atoms with E-state index in [1.54, 1.807) is 18.2 Å². The highest BCUT2D eigenvalue weighted by Gasteiger charge is 2.40. The van der Waals surface area contributed by atoms with E-state index in [9.17, 15) is 9.59 Å². The lowest BCUT2D eigenvalue weighted by Crippen LogP contribution is -2.55. The number of amides is 2. The van der Waals surface area contributed by atoms with Gasteiger partial charge in [0.15, 0.2) is 0 Å². The number of nitrogens with one attached hydrogen (secondary N) is 2. The first-order valence-electron chi connectivity index (χ1n) is 6.59. The van der Waals surface area contributed by atoms with Crippen molar-refractivity contribution in [1.29, 1.82) is 0 Å².